The maximum Gasteiger partial charge on any atom is 0.0469 e. The van der Waals surface area contributed by atoms with E-state index in [1.165, 1.54) is 29.5 Å². The molecule has 3 heteroatoms. The fraction of sp³-hybridized carbons (Fsp3) is 0.450. The fourth-order valence-corrected chi connectivity index (χ4v) is 3.28. The first-order chi connectivity index (χ1) is 11.3. The predicted molar refractivity (Wildman–Crippen MR) is 93.1 cm³/mol. The molecule has 1 fully saturated rings. The van der Waals surface area contributed by atoms with Crippen molar-refractivity contribution in [3.63, 3.8) is 0 Å². The standard InChI is InChI=1S/C20H26N2O/c1-17-11-20(13-21-12-17)16-22(14-18-5-3-2-4-6-18)15-19-7-9-23-10-8-19/h2-6,11-13,19H,7-10,14-16H2,1H3. The largest absolute Gasteiger partial charge is 0.381 e. The van der Waals surface area contributed by atoms with Gasteiger partial charge in [-0.3, -0.25) is 9.88 Å². The molecule has 2 aromatic rings. The van der Waals surface area contributed by atoms with Gasteiger partial charge in [0.2, 0.25) is 0 Å². The van der Waals surface area contributed by atoms with E-state index in [4.69, 9.17) is 4.74 Å². The molecule has 0 aliphatic carbocycles. The Morgan fingerprint density at radius 3 is 2.52 bits per heavy atom. The van der Waals surface area contributed by atoms with Crippen LogP contribution in [0.15, 0.2) is 48.8 Å². The van der Waals surface area contributed by atoms with Gasteiger partial charge in [-0.1, -0.05) is 36.4 Å². The number of hydrogen-bond donors (Lipinski definition) is 0. The maximum atomic E-state index is 5.51. The van der Waals surface area contributed by atoms with Crippen LogP contribution in [-0.4, -0.2) is 29.6 Å². The minimum atomic E-state index is 0.741. The Bertz CT molecular complexity index is 594. The minimum Gasteiger partial charge on any atom is -0.381 e. The Hall–Kier alpha value is -1.71. The first kappa shape index (κ1) is 16.2. The predicted octanol–water partition coefficient (Wildman–Crippen LogP) is 3.82. The highest BCUT2D eigenvalue weighted by molar-refractivity contribution is 5.18. The Morgan fingerprint density at radius 2 is 1.78 bits per heavy atom. The molecule has 122 valence electrons. The van der Waals surface area contributed by atoms with Crippen LogP contribution >= 0.6 is 0 Å². The Morgan fingerprint density at radius 1 is 1.04 bits per heavy atom. The summed E-state index contributed by atoms with van der Waals surface area (Å²) in [6.45, 7) is 7.02. The summed E-state index contributed by atoms with van der Waals surface area (Å²) in [6.07, 6.45) is 6.27. The smallest absolute Gasteiger partial charge is 0.0469 e. The number of nitrogens with zero attached hydrogens (tertiary/aromatic N) is 2. The zero-order valence-electron chi connectivity index (χ0n) is 13.9. The van der Waals surface area contributed by atoms with Crippen molar-refractivity contribution in [3.8, 4) is 0 Å². The number of hydrogen-bond acceptors (Lipinski definition) is 3. The molecule has 0 spiro atoms. The molecule has 1 aliphatic heterocycles. The van der Waals surface area contributed by atoms with Crippen LogP contribution in [0.5, 0.6) is 0 Å². The van der Waals surface area contributed by atoms with Crippen LogP contribution in [-0.2, 0) is 17.8 Å². The second kappa shape index (κ2) is 8.23. The molecule has 0 amide bonds. The highest BCUT2D eigenvalue weighted by atomic mass is 16.5. The average molecular weight is 310 g/mol. The Balaban J connectivity index is 1.69. The van der Waals surface area contributed by atoms with Crippen molar-refractivity contribution < 1.29 is 4.74 Å². The number of benzene rings is 1. The van der Waals surface area contributed by atoms with E-state index in [0.717, 1.165) is 38.8 Å². The van der Waals surface area contributed by atoms with Crippen LogP contribution in [0.25, 0.3) is 0 Å². The number of aromatic nitrogens is 1. The molecule has 2 heterocycles. The van der Waals surface area contributed by atoms with E-state index in [2.05, 4.69) is 53.2 Å². The third-order valence-electron chi connectivity index (χ3n) is 4.44. The van der Waals surface area contributed by atoms with Crippen molar-refractivity contribution in [2.75, 3.05) is 19.8 Å². The number of pyridine rings is 1. The average Bonchev–Trinajstić information content (AvgIpc) is 2.57. The van der Waals surface area contributed by atoms with Crippen molar-refractivity contribution in [2.45, 2.75) is 32.9 Å². The van der Waals surface area contributed by atoms with Crippen molar-refractivity contribution in [3.05, 3.63) is 65.5 Å². The molecule has 3 nitrogen and oxygen atoms in total. The molecule has 0 radical (unpaired) electrons. The molecule has 0 N–H and O–H groups in total. The lowest BCUT2D eigenvalue weighted by Gasteiger charge is -2.30. The quantitative estimate of drug-likeness (QED) is 0.811. The molecule has 0 unspecified atom stereocenters. The molecule has 1 saturated heterocycles. The van der Waals surface area contributed by atoms with Crippen molar-refractivity contribution in [2.24, 2.45) is 5.92 Å². The first-order valence-electron chi connectivity index (χ1n) is 8.54. The molecule has 1 aromatic carbocycles. The summed E-state index contributed by atoms with van der Waals surface area (Å²) in [6, 6.07) is 13.0. The van der Waals surface area contributed by atoms with Crippen molar-refractivity contribution in [1.82, 2.24) is 9.88 Å². The van der Waals surface area contributed by atoms with Gasteiger partial charge < -0.3 is 4.74 Å². The van der Waals surface area contributed by atoms with Crippen LogP contribution in [0.4, 0.5) is 0 Å². The summed E-state index contributed by atoms with van der Waals surface area (Å²) in [7, 11) is 0. The zero-order valence-corrected chi connectivity index (χ0v) is 13.9. The maximum absolute atomic E-state index is 5.51. The van der Waals surface area contributed by atoms with E-state index in [9.17, 15) is 0 Å². The van der Waals surface area contributed by atoms with E-state index in [-0.39, 0.29) is 0 Å². The van der Waals surface area contributed by atoms with Crippen LogP contribution in [0.1, 0.15) is 29.5 Å². The molecular weight excluding hydrogens is 284 g/mol. The van der Waals surface area contributed by atoms with Crippen LogP contribution in [0.2, 0.25) is 0 Å². The topological polar surface area (TPSA) is 25.4 Å². The first-order valence-corrected chi connectivity index (χ1v) is 8.54. The van der Waals surface area contributed by atoms with E-state index < -0.39 is 0 Å². The number of aryl methyl sites for hydroxylation is 1. The van der Waals surface area contributed by atoms with E-state index >= 15 is 0 Å². The summed E-state index contributed by atoms with van der Waals surface area (Å²) in [4.78, 5) is 6.90. The van der Waals surface area contributed by atoms with Gasteiger partial charge in [-0.15, -0.1) is 0 Å². The summed E-state index contributed by atoms with van der Waals surface area (Å²) < 4.78 is 5.51. The van der Waals surface area contributed by atoms with E-state index in [1.807, 2.05) is 12.4 Å². The van der Waals surface area contributed by atoms with E-state index in [0.29, 0.717) is 0 Å². The van der Waals surface area contributed by atoms with Gasteiger partial charge in [-0.2, -0.15) is 0 Å². The molecule has 0 saturated carbocycles. The van der Waals surface area contributed by atoms with Crippen molar-refractivity contribution in [1.29, 1.82) is 0 Å². The van der Waals surface area contributed by atoms with Crippen molar-refractivity contribution >= 4 is 0 Å². The van der Waals surface area contributed by atoms with Crippen LogP contribution < -0.4 is 0 Å². The van der Waals surface area contributed by atoms with Gasteiger partial charge in [-0.05, 0) is 42.4 Å². The summed E-state index contributed by atoms with van der Waals surface area (Å²) >= 11 is 0. The van der Waals surface area contributed by atoms with Gasteiger partial charge in [0.05, 0.1) is 0 Å². The molecule has 23 heavy (non-hydrogen) atoms. The second-order valence-corrected chi connectivity index (χ2v) is 6.58. The zero-order chi connectivity index (χ0) is 15.9. The fourth-order valence-electron chi connectivity index (χ4n) is 3.28. The van der Waals surface area contributed by atoms with Gasteiger partial charge in [0.1, 0.15) is 0 Å². The van der Waals surface area contributed by atoms with Gasteiger partial charge >= 0.3 is 0 Å². The lowest BCUT2D eigenvalue weighted by atomic mass is 9.99. The molecule has 1 aliphatic rings. The summed E-state index contributed by atoms with van der Waals surface area (Å²) in [5, 5.41) is 0. The minimum absolute atomic E-state index is 0.741. The highest BCUT2D eigenvalue weighted by Crippen LogP contribution is 2.19. The van der Waals surface area contributed by atoms with Crippen LogP contribution in [0.3, 0.4) is 0 Å². The third kappa shape index (κ3) is 5.15. The second-order valence-electron chi connectivity index (χ2n) is 6.58. The van der Waals surface area contributed by atoms with Gasteiger partial charge in [0.25, 0.3) is 0 Å². The molecule has 0 atom stereocenters. The third-order valence-corrected chi connectivity index (χ3v) is 4.44. The molecule has 0 bridgehead atoms. The molecule has 3 rings (SSSR count). The van der Waals surface area contributed by atoms with E-state index in [1.54, 1.807) is 0 Å². The lowest BCUT2D eigenvalue weighted by molar-refractivity contribution is 0.0501. The van der Waals surface area contributed by atoms with Gasteiger partial charge in [-0.25, -0.2) is 0 Å². The van der Waals surface area contributed by atoms with Gasteiger partial charge in [0.15, 0.2) is 0 Å². The lowest BCUT2D eigenvalue weighted by Crippen LogP contribution is -2.32. The highest BCUT2D eigenvalue weighted by Gasteiger charge is 2.18. The monoisotopic (exact) mass is 310 g/mol. The number of rotatable bonds is 6. The normalized spacial score (nSPS) is 15.9. The number of ether oxygens (including phenoxy) is 1. The Kier molecular flexibility index (Phi) is 5.78. The molecule has 1 aromatic heterocycles. The SMILES string of the molecule is Cc1cncc(CN(Cc2ccccc2)CC2CCOCC2)c1. The summed E-state index contributed by atoms with van der Waals surface area (Å²) in [5.41, 5.74) is 3.90. The van der Waals surface area contributed by atoms with Gasteiger partial charge in [0, 0.05) is 45.2 Å². The van der Waals surface area contributed by atoms with Crippen LogP contribution in [0, 0.1) is 12.8 Å². The summed E-state index contributed by atoms with van der Waals surface area (Å²) in [5.74, 6) is 0.741. The Labute approximate surface area is 139 Å². The molecular formula is C20H26N2O.